The van der Waals surface area contributed by atoms with Gasteiger partial charge in [-0.2, -0.15) is 0 Å². The third-order valence-electron chi connectivity index (χ3n) is 3.19. The van der Waals surface area contributed by atoms with Crippen molar-refractivity contribution in [2.24, 2.45) is 5.92 Å². The standard InChI is InChI=1S/C13H18BrN/c1-9-5-12(6-9)15-8-11-3-4-13(14)10(2)7-11/h3-4,7,9,12,15H,5-6,8H2,1-2H3. The molecule has 2 heteroatoms. The summed E-state index contributed by atoms with van der Waals surface area (Å²) in [6, 6.07) is 7.32. The molecule has 0 saturated heterocycles. The van der Waals surface area contributed by atoms with Gasteiger partial charge in [0.15, 0.2) is 0 Å². The molecule has 1 aliphatic rings. The second-order valence-electron chi connectivity index (χ2n) is 4.74. The molecule has 1 aliphatic carbocycles. The lowest BCUT2D eigenvalue weighted by atomic mass is 9.82. The maximum absolute atomic E-state index is 3.60. The summed E-state index contributed by atoms with van der Waals surface area (Å²) >= 11 is 3.52. The summed E-state index contributed by atoms with van der Waals surface area (Å²) in [5, 5.41) is 3.60. The minimum atomic E-state index is 0.754. The van der Waals surface area contributed by atoms with Gasteiger partial charge in [-0.1, -0.05) is 35.0 Å². The Hall–Kier alpha value is -0.340. The number of nitrogens with one attached hydrogen (secondary N) is 1. The summed E-state index contributed by atoms with van der Waals surface area (Å²) in [4.78, 5) is 0. The first kappa shape index (κ1) is 11.2. The van der Waals surface area contributed by atoms with Crippen LogP contribution in [0.4, 0.5) is 0 Å². The minimum absolute atomic E-state index is 0.754. The van der Waals surface area contributed by atoms with E-state index in [2.05, 4.69) is 53.3 Å². The summed E-state index contributed by atoms with van der Waals surface area (Å²) in [7, 11) is 0. The molecule has 0 aromatic heterocycles. The Morgan fingerprint density at radius 2 is 2.13 bits per heavy atom. The molecule has 15 heavy (non-hydrogen) atoms. The van der Waals surface area contributed by atoms with Crippen LogP contribution in [-0.4, -0.2) is 6.04 Å². The smallest absolute Gasteiger partial charge is 0.0208 e. The normalized spacial score (nSPS) is 25.0. The van der Waals surface area contributed by atoms with E-state index in [1.165, 1.54) is 28.4 Å². The Morgan fingerprint density at radius 3 is 2.73 bits per heavy atom. The number of hydrogen-bond acceptors (Lipinski definition) is 1. The largest absolute Gasteiger partial charge is 0.310 e. The molecule has 82 valence electrons. The van der Waals surface area contributed by atoms with Crippen molar-refractivity contribution < 1.29 is 0 Å². The Balaban J connectivity index is 1.86. The van der Waals surface area contributed by atoms with Crippen molar-refractivity contribution in [3.05, 3.63) is 33.8 Å². The van der Waals surface area contributed by atoms with E-state index >= 15 is 0 Å². The monoisotopic (exact) mass is 267 g/mol. The van der Waals surface area contributed by atoms with Crippen LogP contribution in [0, 0.1) is 12.8 Å². The fourth-order valence-corrected chi connectivity index (χ4v) is 2.39. The summed E-state index contributed by atoms with van der Waals surface area (Å²) in [6.45, 7) is 5.46. The van der Waals surface area contributed by atoms with Crippen molar-refractivity contribution in [3.8, 4) is 0 Å². The Kier molecular flexibility index (Phi) is 3.47. The first-order valence-corrected chi connectivity index (χ1v) is 6.43. The van der Waals surface area contributed by atoms with Gasteiger partial charge in [-0.05, 0) is 42.9 Å². The fourth-order valence-electron chi connectivity index (χ4n) is 2.15. The van der Waals surface area contributed by atoms with Crippen molar-refractivity contribution >= 4 is 15.9 Å². The van der Waals surface area contributed by atoms with Gasteiger partial charge in [-0.3, -0.25) is 0 Å². The van der Waals surface area contributed by atoms with Crippen LogP contribution in [0.15, 0.2) is 22.7 Å². The van der Waals surface area contributed by atoms with Crippen molar-refractivity contribution in [1.82, 2.24) is 5.32 Å². The summed E-state index contributed by atoms with van der Waals surface area (Å²) in [6.07, 6.45) is 2.69. The summed E-state index contributed by atoms with van der Waals surface area (Å²) < 4.78 is 1.20. The molecule has 0 bridgehead atoms. The number of rotatable bonds is 3. The molecule has 0 atom stereocenters. The van der Waals surface area contributed by atoms with E-state index in [1.54, 1.807) is 0 Å². The van der Waals surface area contributed by atoms with Gasteiger partial charge >= 0.3 is 0 Å². The minimum Gasteiger partial charge on any atom is -0.310 e. The molecule has 2 rings (SSSR count). The molecule has 1 fully saturated rings. The second kappa shape index (κ2) is 4.67. The lowest BCUT2D eigenvalue weighted by molar-refractivity contribution is 0.240. The molecule has 0 aliphatic heterocycles. The first-order valence-electron chi connectivity index (χ1n) is 5.63. The average molecular weight is 268 g/mol. The molecule has 0 heterocycles. The van der Waals surface area contributed by atoms with Crippen molar-refractivity contribution in [2.75, 3.05) is 0 Å². The molecule has 1 nitrogen and oxygen atoms in total. The van der Waals surface area contributed by atoms with E-state index in [4.69, 9.17) is 0 Å². The molecular formula is C13H18BrN. The van der Waals surface area contributed by atoms with Crippen LogP contribution in [-0.2, 0) is 6.54 Å². The van der Waals surface area contributed by atoms with E-state index in [0.717, 1.165) is 18.5 Å². The maximum atomic E-state index is 3.60. The molecule has 0 radical (unpaired) electrons. The van der Waals surface area contributed by atoms with E-state index in [1.807, 2.05) is 0 Å². The van der Waals surface area contributed by atoms with Gasteiger partial charge in [0.25, 0.3) is 0 Å². The quantitative estimate of drug-likeness (QED) is 0.882. The topological polar surface area (TPSA) is 12.0 Å². The zero-order valence-corrected chi connectivity index (χ0v) is 11.0. The predicted octanol–water partition coefficient (Wildman–Crippen LogP) is 3.65. The highest BCUT2D eigenvalue weighted by atomic mass is 79.9. The van der Waals surface area contributed by atoms with Crippen molar-refractivity contribution in [1.29, 1.82) is 0 Å². The van der Waals surface area contributed by atoms with Crippen LogP contribution in [0.5, 0.6) is 0 Å². The summed E-state index contributed by atoms with van der Waals surface area (Å²) in [5.74, 6) is 0.925. The number of hydrogen-bond donors (Lipinski definition) is 1. The van der Waals surface area contributed by atoms with Gasteiger partial charge in [0.05, 0.1) is 0 Å². The highest BCUT2D eigenvalue weighted by Crippen LogP contribution is 2.26. The van der Waals surface area contributed by atoms with Crippen molar-refractivity contribution in [3.63, 3.8) is 0 Å². The number of benzene rings is 1. The molecule has 1 N–H and O–H groups in total. The third kappa shape index (κ3) is 2.82. The Bertz CT molecular complexity index is 342. The van der Waals surface area contributed by atoms with Crippen LogP contribution >= 0.6 is 15.9 Å². The average Bonchev–Trinajstić information content (AvgIpc) is 2.16. The highest BCUT2D eigenvalue weighted by molar-refractivity contribution is 9.10. The molecule has 0 unspecified atom stereocenters. The zero-order valence-electron chi connectivity index (χ0n) is 9.39. The molecule has 1 aromatic rings. The molecule has 0 amide bonds. The van der Waals surface area contributed by atoms with Crippen LogP contribution < -0.4 is 5.32 Å². The fraction of sp³-hybridized carbons (Fsp3) is 0.538. The summed E-state index contributed by atoms with van der Waals surface area (Å²) in [5.41, 5.74) is 2.70. The SMILES string of the molecule is Cc1cc(CNC2CC(C)C2)ccc1Br. The van der Waals surface area contributed by atoms with Gasteiger partial charge in [-0.15, -0.1) is 0 Å². The number of aryl methyl sites for hydroxylation is 1. The second-order valence-corrected chi connectivity index (χ2v) is 5.59. The third-order valence-corrected chi connectivity index (χ3v) is 4.08. The zero-order chi connectivity index (χ0) is 10.8. The Labute approximate surface area is 100 Å². The van der Waals surface area contributed by atoms with Crippen LogP contribution in [0.2, 0.25) is 0 Å². The van der Waals surface area contributed by atoms with Gasteiger partial charge < -0.3 is 5.32 Å². The van der Waals surface area contributed by atoms with Crippen LogP contribution in [0.25, 0.3) is 0 Å². The lowest BCUT2D eigenvalue weighted by Crippen LogP contribution is -2.39. The lowest BCUT2D eigenvalue weighted by Gasteiger charge is -2.33. The molecule has 0 spiro atoms. The van der Waals surface area contributed by atoms with Crippen LogP contribution in [0.1, 0.15) is 30.9 Å². The van der Waals surface area contributed by atoms with Gasteiger partial charge in [0.2, 0.25) is 0 Å². The molecule has 1 saturated carbocycles. The van der Waals surface area contributed by atoms with Gasteiger partial charge in [0, 0.05) is 17.1 Å². The first-order chi connectivity index (χ1) is 7.15. The number of halogens is 1. The van der Waals surface area contributed by atoms with Gasteiger partial charge in [-0.25, -0.2) is 0 Å². The highest BCUT2D eigenvalue weighted by Gasteiger charge is 2.24. The molecular weight excluding hydrogens is 250 g/mol. The predicted molar refractivity (Wildman–Crippen MR) is 67.9 cm³/mol. The maximum Gasteiger partial charge on any atom is 0.0208 e. The van der Waals surface area contributed by atoms with E-state index in [-0.39, 0.29) is 0 Å². The van der Waals surface area contributed by atoms with E-state index in [0.29, 0.717) is 0 Å². The van der Waals surface area contributed by atoms with E-state index < -0.39 is 0 Å². The van der Waals surface area contributed by atoms with Crippen molar-refractivity contribution in [2.45, 2.75) is 39.3 Å². The Morgan fingerprint density at radius 1 is 1.40 bits per heavy atom. The van der Waals surface area contributed by atoms with Crippen LogP contribution in [0.3, 0.4) is 0 Å². The van der Waals surface area contributed by atoms with E-state index in [9.17, 15) is 0 Å². The van der Waals surface area contributed by atoms with Gasteiger partial charge in [0.1, 0.15) is 0 Å². The molecule has 1 aromatic carbocycles.